The van der Waals surface area contributed by atoms with E-state index in [1.807, 2.05) is 13.0 Å². The van der Waals surface area contributed by atoms with Crippen LogP contribution >= 0.6 is 0 Å². The molecule has 0 heterocycles. The summed E-state index contributed by atoms with van der Waals surface area (Å²) in [7, 11) is 0. The maximum atomic E-state index is 10.7. The number of aromatic hydroxyl groups is 2. The standard InChI is InChI=1S/C27H42O3/c1-20(2)10-7-11-21(3)12-8-13-22(4)14-9-18-27(6,30)19-17-24-15-16-25(28)26(29)23(24)5/h10,12,14-16,28-30H,7-9,11,13,17-19H2,1-6H3. The van der Waals surface area contributed by atoms with Crippen LogP contribution in [0.15, 0.2) is 47.1 Å². The summed E-state index contributed by atoms with van der Waals surface area (Å²) in [5.41, 5.74) is 5.11. The van der Waals surface area contributed by atoms with Gasteiger partial charge in [0.2, 0.25) is 0 Å². The summed E-state index contributed by atoms with van der Waals surface area (Å²) in [4.78, 5) is 0. The van der Waals surface area contributed by atoms with E-state index in [2.05, 4.69) is 45.9 Å². The Balaban J connectivity index is 2.40. The number of aliphatic hydroxyl groups is 1. The number of hydrogen-bond acceptors (Lipinski definition) is 3. The number of rotatable bonds is 12. The van der Waals surface area contributed by atoms with Crippen molar-refractivity contribution in [2.24, 2.45) is 0 Å². The van der Waals surface area contributed by atoms with E-state index < -0.39 is 5.60 Å². The quantitative estimate of drug-likeness (QED) is 0.248. The lowest BCUT2D eigenvalue weighted by Crippen LogP contribution is -2.24. The van der Waals surface area contributed by atoms with Gasteiger partial charge in [-0.15, -0.1) is 0 Å². The predicted octanol–water partition coefficient (Wildman–Crippen LogP) is 7.29. The molecule has 1 aromatic carbocycles. The first-order valence-corrected chi connectivity index (χ1v) is 11.2. The zero-order chi connectivity index (χ0) is 22.7. The highest BCUT2D eigenvalue weighted by molar-refractivity contribution is 5.48. The van der Waals surface area contributed by atoms with E-state index in [0.717, 1.165) is 37.7 Å². The van der Waals surface area contributed by atoms with Crippen molar-refractivity contribution in [1.29, 1.82) is 0 Å². The van der Waals surface area contributed by atoms with Gasteiger partial charge < -0.3 is 15.3 Å². The van der Waals surface area contributed by atoms with E-state index in [4.69, 9.17) is 0 Å². The molecule has 1 rings (SSSR count). The SMILES string of the molecule is CC(C)=CCCC(C)=CCCC(C)=CCCC(C)(O)CCc1ccc(O)c(O)c1C. The topological polar surface area (TPSA) is 60.7 Å². The lowest BCUT2D eigenvalue weighted by atomic mass is 9.90. The highest BCUT2D eigenvalue weighted by Crippen LogP contribution is 2.32. The molecule has 30 heavy (non-hydrogen) atoms. The second-order valence-corrected chi connectivity index (χ2v) is 9.21. The molecule has 3 N–H and O–H groups in total. The molecule has 3 heteroatoms. The lowest BCUT2D eigenvalue weighted by Gasteiger charge is -2.23. The second-order valence-electron chi connectivity index (χ2n) is 9.21. The molecule has 1 aromatic rings. The minimum Gasteiger partial charge on any atom is -0.504 e. The van der Waals surface area contributed by atoms with Gasteiger partial charge in [-0.3, -0.25) is 0 Å². The van der Waals surface area contributed by atoms with Crippen molar-refractivity contribution in [3.8, 4) is 11.5 Å². The number of allylic oxidation sites excluding steroid dienone is 6. The Bertz CT molecular complexity index is 763. The van der Waals surface area contributed by atoms with Gasteiger partial charge in [0.15, 0.2) is 11.5 Å². The first-order valence-electron chi connectivity index (χ1n) is 11.2. The minimum absolute atomic E-state index is 0.0630. The van der Waals surface area contributed by atoms with Crippen molar-refractivity contribution in [3.05, 3.63) is 58.2 Å². The van der Waals surface area contributed by atoms with E-state index in [1.165, 1.54) is 22.8 Å². The summed E-state index contributed by atoms with van der Waals surface area (Å²) < 4.78 is 0. The van der Waals surface area contributed by atoms with E-state index in [-0.39, 0.29) is 11.5 Å². The van der Waals surface area contributed by atoms with Crippen molar-refractivity contribution < 1.29 is 15.3 Å². The fraction of sp³-hybridized carbons (Fsp3) is 0.556. The Morgan fingerprint density at radius 3 is 2.03 bits per heavy atom. The predicted molar refractivity (Wildman–Crippen MR) is 128 cm³/mol. The van der Waals surface area contributed by atoms with Crippen molar-refractivity contribution in [2.45, 2.75) is 98.5 Å². The van der Waals surface area contributed by atoms with E-state index in [9.17, 15) is 15.3 Å². The molecule has 0 saturated heterocycles. The van der Waals surface area contributed by atoms with Crippen molar-refractivity contribution in [3.63, 3.8) is 0 Å². The summed E-state index contributed by atoms with van der Waals surface area (Å²) in [6, 6.07) is 3.33. The zero-order valence-electron chi connectivity index (χ0n) is 19.9. The second kappa shape index (κ2) is 12.6. The van der Waals surface area contributed by atoms with Gasteiger partial charge in [0.25, 0.3) is 0 Å². The first-order chi connectivity index (χ1) is 14.0. The van der Waals surface area contributed by atoms with Crippen molar-refractivity contribution in [2.75, 3.05) is 0 Å². The number of benzene rings is 1. The van der Waals surface area contributed by atoms with Crippen LogP contribution in [0.1, 0.15) is 90.7 Å². The number of phenolic OH excluding ortho intramolecular Hbond substituents is 2. The molecule has 0 fully saturated rings. The summed E-state index contributed by atoms with van der Waals surface area (Å²) >= 11 is 0. The Morgan fingerprint density at radius 1 is 0.867 bits per heavy atom. The van der Waals surface area contributed by atoms with Gasteiger partial charge in [-0.2, -0.15) is 0 Å². The van der Waals surface area contributed by atoms with Gasteiger partial charge >= 0.3 is 0 Å². The molecular weight excluding hydrogens is 372 g/mol. The number of aryl methyl sites for hydroxylation is 1. The Kier molecular flexibility index (Phi) is 11.0. The van der Waals surface area contributed by atoms with Crippen LogP contribution in [0, 0.1) is 6.92 Å². The molecule has 0 aliphatic heterocycles. The Hall–Kier alpha value is -2.00. The average Bonchev–Trinajstić information content (AvgIpc) is 2.65. The summed E-state index contributed by atoms with van der Waals surface area (Å²) in [5, 5.41) is 30.1. The van der Waals surface area contributed by atoms with Gasteiger partial charge in [0.05, 0.1) is 5.60 Å². The molecule has 1 atom stereocenters. The molecule has 168 valence electrons. The van der Waals surface area contributed by atoms with Crippen LogP contribution in [0.3, 0.4) is 0 Å². The fourth-order valence-corrected chi connectivity index (χ4v) is 3.50. The third-order valence-electron chi connectivity index (χ3n) is 5.75. The van der Waals surface area contributed by atoms with Gasteiger partial charge in [0, 0.05) is 0 Å². The first kappa shape index (κ1) is 26.0. The third-order valence-corrected chi connectivity index (χ3v) is 5.75. The third kappa shape index (κ3) is 10.2. The summed E-state index contributed by atoms with van der Waals surface area (Å²) in [5.74, 6) is -0.159. The molecular formula is C27H42O3. The van der Waals surface area contributed by atoms with Crippen LogP contribution < -0.4 is 0 Å². The largest absolute Gasteiger partial charge is 0.504 e. The van der Waals surface area contributed by atoms with Gasteiger partial charge in [0.1, 0.15) is 0 Å². The molecule has 1 unspecified atom stereocenters. The molecule has 0 aliphatic rings. The Labute approximate surface area is 183 Å². The maximum absolute atomic E-state index is 10.7. The molecule has 0 spiro atoms. The summed E-state index contributed by atoms with van der Waals surface area (Å²) in [6.45, 7) is 12.3. The highest BCUT2D eigenvalue weighted by atomic mass is 16.3. The van der Waals surface area contributed by atoms with Crippen LogP contribution in [0.5, 0.6) is 11.5 Å². The monoisotopic (exact) mass is 414 g/mol. The molecule has 0 amide bonds. The van der Waals surface area contributed by atoms with Crippen LogP contribution in [-0.4, -0.2) is 20.9 Å². The average molecular weight is 415 g/mol. The number of hydrogen-bond donors (Lipinski definition) is 3. The van der Waals surface area contributed by atoms with E-state index >= 15 is 0 Å². The van der Waals surface area contributed by atoms with E-state index in [1.54, 1.807) is 6.92 Å². The molecule has 0 saturated carbocycles. The zero-order valence-corrected chi connectivity index (χ0v) is 19.9. The molecule has 0 radical (unpaired) electrons. The molecule has 0 bridgehead atoms. The molecule has 3 nitrogen and oxygen atoms in total. The van der Waals surface area contributed by atoms with E-state index in [0.29, 0.717) is 24.8 Å². The molecule has 0 aliphatic carbocycles. The Morgan fingerprint density at radius 2 is 1.43 bits per heavy atom. The van der Waals surface area contributed by atoms with Crippen molar-refractivity contribution in [1.82, 2.24) is 0 Å². The number of phenols is 2. The maximum Gasteiger partial charge on any atom is 0.160 e. The normalized spacial score (nSPS) is 14.5. The van der Waals surface area contributed by atoms with Crippen LogP contribution in [-0.2, 0) is 6.42 Å². The smallest absolute Gasteiger partial charge is 0.160 e. The molecule has 0 aromatic heterocycles. The van der Waals surface area contributed by atoms with Gasteiger partial charge in [-0.25, -0.2) is 0 Å². The van der Waals surface area contributed by atoms with Gasteiger partial charge in [-0.05, 0) is 110 Å². The van der Waals surface area contributed by atoms with Crippen LogP contribution in [0.4, 0.5) is 0 Å². The van der Waals surface area contributed by atoms with Crippen LogP contribution in [0.2, 0.25) is 0 Å². The van der Waals surface area contributed by atoms with Crippen LogP contribution in [0.25, 0.3) is 0 Å². The fourth-order valence-electron chi connectivity index (χ4n) is 3.50. The minimum atomic E-state index is -0.752. The lowest BCUT2D eigenvalue weighted by molar-refractivity contribution is 0.0432. The van der Waals surface area contributed by atoms with Gasteiger partial charge in [-0.1, -0.05) is 41.0 Å². The van der Waals surface area contributed by atoms with Crippen molar-refractivity contribution >= 4 is 0 Å². The highest BCUT2D eigenvalue weighted by Gasteiger charge is 2.20. The summed E-state index contributed by atoms with van der Waals surface area (Å²) in [6.07, 6.45) is 14.2.